The van der Waals surface area contributed by atoms with Crippen molar-refractivity contribution in [1.82, 2.24) is 9.97 Å². The zero-order valence-electron chi connectivity index (χ0n) is 11.5. The highest BCUT2D eigenvalue weighted by atomic mass is 19.1. The Kier molecular flexibility index (Phi) is 4.47. The first-order chi connectivity index (χ1) is 9.58. The zero-order valence-corrected chi connectivity index (χ0v) is 11.5. The number of benzene rings is 1. The van der Waals surface area contributed by atoms with Crippen LogP contribution in [0.3, 0.4) is 0 Å². The SMILES string of the molecule is CCOCc1nc(N)cc(Nc2ccc(C)cc2F)n1. The highest BCUT2D eigenvalue weighted by Gasteiger charge is 2.06. The Morgan fingerprint density at radius 2 is 2.10 bits per heavy atom. The number of hydrogen-bond donors (Lipinski definition) is 2. The van der Waals surface area contributed by atoms with Crippen LogP contribution >= 0.6 is 0 Å². The van der Waals surface area contributed by atoms with Gasteiger partial charge in [0.05, 0.1) is 5.69 Å². The number of hydrogen-bond acceptors (Lipinski definition) is 5. The van der Waals surface area contributed by atoms with Crippen LogP contribution in [-0.4, -0.2) is 16.6 Å². The van der Waals surface area contributed by atoms with Crippen LogP contribution in [0.4, 0.5) is 21.7 Å². The lowest BCUT2D eigenvalue weighted by Gasteiger charge is -2.09. The van der Waals surface area contributed by atoms with E-state index >= 15 is 0 Å². The number of halogens is 1. The minimum atomic E-state index is -0.339. The monoisotopic (exact) mass is 276 g/mol. The van der Waals surface area contributed by atoms with Gasteiger partial charge in [0, 0.05) is 12.7 Å². The summed E-state index contributed by atoms with van der Waals surface area (Å²) in [6, 6.07) is 6.48. The molecule has 20 heavy (non-hydrogen) atoms. The fourth-order valence-electron chi connectivity index (χ4n) is 1.70. The third-order valence-corrected chi connectivity index (χ3v) is 2.61. The van der Waals surface area contributed by atoms with Crippen molar-refractivity contribution in [3.05, 3.63) is 41.5 Å². The second-order valence-corrected chi connectivity index (χ2v) is 4.34. The summed E-state index contributed by atoms with van der Waals surface area (Å²) in [5.74, 6) is 0.870. The van der Waals surface area contributed by atoms with Crippen molar-refractivity contribution in [2.75, 3.05) is 17.7 Å². The molecule has 6 heteroatoms. The molecule has 5 nitrogen and oxygen atoms in total. The minimum Gasteiger partial charge on any atom is -0.384 e. The molecule has 0 radical (unpaired) electrons. The van der Waals surface area contributed by atoms with Crippen LogP contribution in [0.5, 0.6) is 0 Å². The molecule has 0 fully saturated rings. The van der Waals surface area contributed by atoms with Crippen molar-refractivity contribution in [3.63, 3.8) is 0 Å². The van der Waals surface area contributed by atoms with Crippen LogP contribution in [0, 0.1) is 12.7 Å². The van der Waals surface area contributed by atoms with E-state index in [-0.39, 0.29) is 12.4 Å². The van der Waals surface area contributed by atoms with Crippen LogP contribution < -0.4 is 11.1 Å². The van der Waals surface area contributed by atoms with E-state index in [0.717, 1.165) is 5.56 Å². The lowest BCUT2D eigenvalue weighted by Crippen LogP contribution is -2.06. The number of aryl methyl sites for hydroxylation is 1. The summed E-state index contributed by atoms with van der Waals surface area (Å²) in [4.78, 5) is 8.29. The molecular weight excluding hydrogens is 259 g/mol. The Balaban J connectivity index is 2.21. The molecule has 3 N–H and O–H groups in total. The number of aromatic nitrogens is 2. The first kappa shape index (κ1) is 14.2. The van der Waals surface area contributed by atoms with Gasteiger partial charge in [-0.1, -0.05) is 6.07 Å². The largest absolute Gasteiger partial charge is 0.384 e. The molecule has 0 aliphatic rings. The van der Waals surface area contributed by atoms with Gasteiger partial charge in [0.2, 0.25) is 0 Å². The van der Waals surface area contributed by atoms with Crippen LogP contribution in [0.2, 0.25) is 0 Å². The van der Waals surface area contributed by atoms with Crippen molar-refractivity contribution in [1.29, 1.82) is 0 Å². The first-order valence-electron chi connectivity index (χ1n) is 6.33. The lowest BCUT2D eigenvalue weighted by molar-refractivity contribution is 0.128. The standard InChI is InChI=1S/C14H17FN4O/c1-3-20-8-14-18-12(16)7-13(19-14)17-11-5-4-9(2)6-10(11)15/h4-7H,3,8H2,1-2H3,(H3,16,17,18,19). The van der Waals surface area contributed by atoms with E-state index in [0.29, 0.717) is 29.8 Å². The van der Waals surface area contributed by atoms with Crippen molar-refractivity contribution >= 4 is 17.3 Å². The molecule has 0 aliphatic carbocycles. The van der Waals surface area contributed by atoms with E-state index in [2.05, 4.69) is 15.3 Å². The summed E-state index contributed by atoms with van der Waals surface area (Å²) < 4.78 is 19.0. The number of ether oxygens (including phenoxy) is 1. The van der Waals surface area contributed by atoms with E-state index in [9.17, 15) is 4.39 Å². The molecule has 2 aromatic rings. The van der Waals surface area contributed by atoms with E-state index in [1.807, 2.05) is 19.9 Å². The molecule has 0 aliphatic heterocycles. The number of nitrogen functional groups attached to an aromatic ring is 1. The van der Waals surface area contributed by atoms with Crippen LogP contribution in [0.15, 0.2) is 24.3 Å². The normalized spacial score (nSPS) is 10.6. The van der Waals surface area contributed by atoms with Crippen LogP contribution in [0.1, 0.15) is 18.3 Å². The second kappa shape index (κ2) is 6.29. The van der Waals surface area contributed by atoms with E-state index in [4.69, 9.17) is 10.5 Å². The summed E-state index contributed by atoms with van der Waals surface area (Å²) in [5.41, 5.74) is 6.90. The highest BCUT2D eigenvalue weighted by molar-refractivity contribution is 5.59. The van der Waals surface area contributed by atoms with E-state index in [1.54, 1.807) is 12.1 Å². The Morgan fingerprint density at radius 3 is 2.80 bits per heavy atom. The molecule has 1 heterocycles. The molecule has 0 saturated heterocycles. The van der Waals surface area contributed by atoms with Gasteiger partial charge in [-0.3, -0.25) is 0 Å². The molecule has 0 amide bonds. The summed E-state index contributed by atoms with van der Waals surface area (Å²) in [6.07, 6.45) is 0. The van der Waals surface area contributed by atoms with Crippen LogP contribution in [0.25, 0.3) is 0 Å². The Bertz CT molecular complexity index is 604. The Morgan fingerprint density at radius 1 is 1.30 bits per heavy atom. The quantitative estimate of drug-likeness (QED) is 0.878. The molecule has 0 atom stereocenters. The molecule has 1 aromatic heterocycles. The van der Waals surface area contributed by atoms with Gasteiger partial charge in [-0.05, 0) is 31.5 Å². The highest BCUT2D eigenvalue weighted by Crippen LogP contribution is 2.20. The fraction of sp³-hybridized carbons (Fsp3) is 0.286. The van der Waals surface area contributed by atoms with E-state index < -0.39 is 0 Å². The van der Waals surface area contributed by atoms with Gasteiger partial charge in [-0.15, -0.1) is 0 Å². The molecule has 0 spiro atoms. The molecule has 0 saturated carbocycles. The summed E-state index contributed by atoms with van der Waals surface area (Å²) in [6.45, 7) is 4.54. The maximum Gasteiger partial charge on any atom is 0.158 e. The van der Waals surface area contributed by atoms with Gasteiger partial charge in [-0.25, -0.2) is 14.4 Å². The van der Waals surface area contributed by atoms with Gasteiger partial charge in [-0.2, -0.15) is 0 Å². The zero-order chi connectivity index (χ0) is 14.5. The first-order valence-corrected chi connectivity index (χ1v) is 6.33. The lowest BCUT2D eigenvalue weighted by atomic mass is 10.2. The fourth-order valence-corrected chi connectivity index (χ4v) is 1.70. The maximum absolute atomic E-state index is 13.8. The number of anilines is 3. The van der Waals surface area contributed by atoms with Gasteiger partial charge in [0.25, 0.3) is 0 Å². The van der Waals surface area contributed by atoms with Crippen molar-refractivity contribution in [3.8, 4) is 0 Å². The smallest absolute Gasteiger partial charge is 0.158 e. The molecule has 106 valence electrons. The number of nitrogens with two attached hydrogens (primary N) is 1. The minimum absolute atomic E-state index is 0.270. The number of nitrogens with zero attached hydrogens (tertiary/aromatic N) is 2. The average Bonchev–Trinajstić information content (AvgIpc) is 2.39. The molecule has 0 unspecified atom stereocenters. The summed E-state index contributed by atoms with van der Waals surface area (Å²) in [7, 11) is 0. The predicted octanol–water partition coefficient (Wildman–Crippen LogP) is 2.79. The van der Waals surface area contributed by atoms with Crippen molar-refractivity contribution in [2.24, 2.45) is 0 Å². The third-order valence-electron chi connectivity index (χ3n) is 2.61. The summed E-state index contributed by atoms with van der Waals surface area (Å²) >= 11 is 0. The molecule has 0 bridgehead atoms. The third kappa shape index (κ3) is 3.64. The van der Waals surface area contributed by atoms with Gasteiger partial charge >= 0.3 is 0 Å². The Hall–Kier alpha value is -2.21. The van der Waals surface area contributed by atoms with Crippen molar-refractivity contribution < 1.29 is 9.13 Å². The van der Waals surface area contributed by atoms with Crippen LogP contribution in [-0.2, 0) is 11.3 Å². The van der Waals surface area contributed by atoms with Crippen molar-refractivity contribution in [2.45, 2.75) is 20.5 Å². The van der Waals surface area contributed by atoms with Gasteiger partial charge in [0.15, 0.2) is 5.82 Å². The number of rotatable bonds is 5. The predicted molar refractivity (Wildman–Crippen MR) is 76.2 cm³/mol. The average molecular weight is 276 g/mol. The second-order valence-electron chi connectivity index (χ2n) is 4.34. The number of nitrogens with one attached hydrogen (secondary N) is 1. The summed E-state index contributed by atoms with van der Waals surface area (Å²) in [5, 5.41) is 2.90. The molecule has 2 rings (SSSR count). The molecule has 1 aromatic carbocycles. The Labute approximate surface area is 117 Å². The van der Waals surface area contributed by atoms with Gasteiger partial charge < -0.3 is 15.8 Å². The molecular formula is C14H17FN4O. The maximum atomic E-state index is 13.8. The van der Waals surface area contributed by atoms with Gasteiger partial charge in [0.1, 0.15) is 24.1 Å². The van der Waals surface area contributed by atoms with E-state index in [1.165, 1.54) is 6.07 Å². The topological polar surface area (TPSA) is 73.1 Å².